The second kappa shape index (κ2) is 4.98. The van der Waals surface area contributed by atoms with Gasteiger partial charge in [0.2, 0.25) is 10.0 Å². The van der Waals surface area contributed by atoms with Crippen molar-refractivity contribution < 1.29 is 8.42 Å². The number of anilines is 1. The zero-order chi connectivity index (χ0) is 14.2. The van der Waals surface area contributed by atoms with Gasteiger partial charge in [-0.1, -0.05) is 17.7 Å². The predicted molar refractivity (Wildman–Crippen MR) is 77.5 cm³/mol. The van der Waals surface area contributed by atoms with Gasteiger partial charge < -0.3 is 5.73 Å². The minimum Gasteiger partial charge on any atom is -0.398 e. The highest BCUT2D eigenvalue weighted by Crippen LogP contribution is 2.29. The molecule has 1 aromatic rings. The Hall–Kier alpha value is -1.33. The van der Waals surface area contributed by atoms with Crippen LogP contribution in [0.5, 0.6) is 0 Å². The molecule has 104 valence electrons. The van der Waals surface area contributed by atoms with Crippen molar-refractivity contribution in [1.29, 1.82) is 0 Å². The molecule has 0 spiro atoms. The Morgan fingerprint density at radius 2 is 1.89 bits per heavy atom. The molecule has 19 heavy (non-hydrogen) atoms. The number of benzene rings is 1. The van der Waals surface area contributed by atoms with E-state index in [0.29, 0.717) is 18.8 Å². The van der Waals surface area contributed by atoms with E-state index < -0.39 is 10.0 Å². The van der Waals surface area contributed by atoms with E-state index in [-0.39, 0.29) is 4.90 Å². The lowest BCUT2D eigenvalue weighted by Gasteiger charge is -2.26. The predicted octanol–water partition coefficient (Wildman–Crippen LogP) is 2.23. The maximum Gasteiger partial charge on any atom is 0.245 e. The van der Waals surface area contributed by atoms with E-state index in [0.717, 1.165) is 17.5 Å². The Morgan fingerprint density at radius 3 is 2.47 bits per heavy atom. The second-order valence-electron chi connectivity index (χ2n) is 5.09. The number of sulfonamides is 1. The number of nitrogen functional groups attached to an aromatic ring is 1. The van der Waals surface area contributed by atoms with Gasteiger partial charge in [0.1, 0.15) is 4.90 Å². The molecule has 1 aliphatic rings. The summed E-state index contributed by atoms with van der Waals surface area (Å²) in [5.74, 6) is 0. The molecule has 0 atom stereocenters. The maximum absolute atomic E-state index is 12.7. The van der Waals surface area contributed by atoms with Crippen LogP contribution >= 0.6 is 0 Å². The smallest absolute Gasteiger partial charge is 0.245 e. The molecule has 0 bridgehead atoms. The van der Waals surface area contributed by atoms with E-state index in [2.05, 4.69) is 0 Å². The van der Waals surface area contributed by atoms with Crippen LogP contribution in [0, 0.1) is 13.8 Å². The summed E-state index contributed by atoms with van der Waals surface area (Å²) >= 11 is 0. The number of nitrogens with zero attached hydrogens (tertiary/aromatic N) is 1. The molecular formula is C14H20N2O2S. The Morgan fingerprint density at radius 1 is 1.21 bits per heavy atom. The SMILES string of the molecule is CC1=CCN(S(=O)(=O)c2c(N)ccc(C)c2C)CC1. The summed E-state index contributed by atoms with van der Waals surface area (Å²) in [7, 11) is -3.51. The standard InChI is InChI=1S/C14H20N2O2S/c1-10-6-8-16(9-7-10)19(17,18)14-12(3)11(2)4-5-13(14)15/h4-6H,7-9,15H2,1-3H3. The minimum atomic E-state index is -3.51. The second-order valence-corrected chi connectivity index (χ2v) is 6.96. The van der Waals surface area contributed by atoms with E-state index in [9.17, 15) is 8.42 Å². The van der Waals surface area contributed by atoms with Crippen molar-refractivity contribution in [2.24, 2.45) is 0 Å². The van der Waals surface area contributed by atoms with Crippen molar-refractivity contribution in [3.8, 4) is 0 Å². The molecule has 0 saturated heterocycles. The number of aryl methyl sites for hydroxylation is 1. The van der Waals surface area contributed by atoms with Gasteiger partial charge in [-0.2, -0.15) is 4.31 Å². The lowest BCUT2D eigenvalue weighted by atomic mass is 10.1. The molecule has 5 heteroatoms. The minimum absolute atomic E-state index is 0.264. The first kappa shape index (κ1) is 14.1. The first-order valence-corrected chi connectivity index (χ1v) is 7.79. The first-order chi connectivity index (χ1) is 8.84. The largest absolute Gasteiger partial charge is 0.398 e. The summed E-state index contributed by atoms with van der Waals surface area (Å²) in [6.45, 7) is 6.69. The van der Waals surface area contributed by atoms with Gasteiger partial charge in [-0.15, -0.1) is 0 Å². The summed E-state index contributed by atoms with van der Waals surface area (Å²) in [5, 5.41) is 0. The van der Waals surface area contributed by atoms with Crippen molar-refractivity contribution in [1.82, 2.24) is 4.31 Å². The van der Waals surface area contributed by atoms with Crippen LogP contribution in [0.4, 0.5) is 5.69 Å². The normalized spacial score (nSPS) is 17.3. The van der Waals surface area contributed by atoms with E-state index in [1.165, 1.54) is 9.88 Å². The van der Waals surface area contributed by atoms with Gasteiger partial charge in [0.05, 0.1) is 5.69 Å². The van der Waals surface area contributed by atoms with Gasteiger partial charge in [-0.05, 0) is 44.4 Å². The van der Waals surface area contributed by atoms with Crippen molar-refractivity contribution in [2.45, 2.75) is 32.1 Å². The summed E-state index contributed by atoms with van der Waals surface area (Å²) in [6.07, 6.45) is 2.74. The van der Waals surface area contributed by atoms with Crippen molar-refractivity contribution >= 4 is 15.7 Å². The van der Waals surface area contributed by atoms with Gasteiger partial charge in [0.25, 0.3) is 0 Å². The molecule has 4 nitrogen and oxygen atoms in total. The van der Waals surface area contributed by atoms with E-state index in [1.54, 1.807) is 6.07 Å². The average molecular weight is 280 g/mol. The highest BCUT2D eigenvalue weighted by molar-refractivity contribution is 7.89. The number of hydrogen-bond acceptors (Lipinski definition) is 3. The van der Waals surface area contributed by atoms with Crippen LogP contribution in [0.3, 0.4) is 0 Å². The van der Waals surface area contributed by atoms with Crippen LogP contribution in [0.25, 0.3) is 0 Å². The number of nitrogens with two attached hydrogens (primary N) is 1. The van der Waals surface area contributed by atoms with Gasteiger partial charge in [-0.25, -0.2) is 8.42 Å². The Kier molecular flexibility index (Phi) is 3.69. The third-order valence-electron chi connectivity index (χ3n) is 3.70. The fourth-order valence-corrected chi connectivity index (χ4v) is 4.03. The molecular weight excluding hydrogens is 260 g/mol. The average Bonchev–Trinajstić information content (AvgIpc) is 2.34. The molecule has 0 aliphatic carbocycles. The van der Waals surface area contributed by atoms with Crippen molar-refractivity contribution in [3.63, 3.8) is 0 Å². The maximum atomic E-state index is 12.7. The topological polar surface area (TPSA) is 63.4 Å². The monoisotopic (exact) mass is 280 g/mol. The fourth-order valence-electron chi connectivity index (χ4n) is 2.25. The molecule has 0 amide bonds. The molecule has 0 fully saturated rings. The Bertz CT molecular complexity index is 633. The number of hydrogen-bond donors (Lipinski definition) is 1. The van der Waals surface area contributed by atoms with E-state index >= 15 is 0 Å². The molecule has 0 radical (unpaired) electrons. The highest BCUT2D eigenvalue weighted by atomic mass is 32.2. The molecule has 0 unspecified atom stereocenters. The lowest BCUT2D eigenvalue weighted by Crippen LogP contribution is -2.35. The fraction of sp³-hybridized carbons (Fsp3) is 0.429. The van der Waals surface area contributed by atoms with E-state index in [1.807, 2.05) is 32.9 Å². The van der Waals surface area contributed by atoms with Gasteiger partial charge >= 0.3 is 0 Å². The molecule has 0 saturated carbocycles. The quantitative estimate of drug-likeness (QED) is 0.667. The van der Waals surface area contributed by atoms with Crippen molar-refractivity contribution in [3.05, 3.63) is 34.9 Å². The lowest BCUT2D eigenvalue weighted by molar-refractivity contribution is 0.431. The number of rotatable bonds is 2. The zero-order valence-electron chi connectivity index (χ0n) is 11.6. The van der Waals surface area contributed by atoms with Crippen LogP contribution in [0.2, 0.25) is 0 Å². The highest BCUT2D eigenvalue weighted by Gasteiger charge is 2.29. The van der Waals surface area contributed by atoms with E-state index in [4.69, 9.17) is 5.73 Å². The van der Waals surface area contributed by atoms with Crippen LogP contribution in [-0.4, -0.2) is 25.8 Å². The summed E-state index contributed by atoms with van der Waals surface area (Å²) in [5.41, 5.74) is 9.14. The van der Waals surface area contributed by atoms with Crippen LogP contribution < -0.4 is 5.73 Å². The molecule has 2 N–H and O–H groups in total. The summed E-state index contributed by atoms with van der Waals surface area (Å²) in [4.78, 5) is 0.264. The molecule has 0 aromatic heterocycles. The van der Waals surface area contributed by atoms with Gasteiger partial charge in [0.15, 0.2) is 0 Å². The summed E-state index contributed by atoms with van der Waals surface area (Å²) < 4.78 is 26.9. The third kappa shape index (κ3) is 2.53. The Balaban J connectivity index is 2.49. The van der Waals surface area contributed by atoms with Crippen LogP contribution in [-0.2, 0) is 10.0 Å². The molecule has 1 aromatic carbocycles. The molecule has 2 rings (SSSR count). The third-order valence-corrected chi connectivity index (χ3v) is 5.77. The van der Waals surface area contributed by atoms with Crippen LogP contribution in [0.1, 0.15) is 24.5 Å². The molecule has 1 heterocycles. The zero-order valence-corrected chi connectivity index (χ0v) is 12.4. The van der Waals surface area contributed by atoms with Crippen molar-refractivity contribution in [2.75, 3.05) is 18.8 Å². The summed E-state index contributed by atoms with van der Waals surface area (Å²) in [6, 6.07) is 3.52. The van der Waals surface area contributed by atoms with Gasteiger partial charge in [0, 0.05) is 13.1 Å². The van der Waals surface area contributed by atoms with Crippen LogP contribution in [0.15, 0.2) is 28.7 Å². The first-order valence-electron chi connectivity index (χ1n) is 6.35. The molecule has 1 aliphatic heterocycles. The van der Waals surface area contributed by atoms with Gasteiger partial charge in [-0.3, -0.25) is 0 Å². The Labute approximate surface area is 115 Å².